The van der Waals surface area contributed by atoms with Gasteiger partial charge in [0.2, 0.25) is 0 Å². The Hall–Kier alpha value is -2.68. The van der Waals surface area contributed by atoms with Crippen LogP contribution >= 0.6 is 0 Å². The molecule has 1 heterocycles. The molecule has 0 radical (unpaired) electrons. The van der Waals surface area contributed by atoms with Crippen molar-refractivity contribution in [3.05, 3.63) is 65.9 Å². The Morgan fingerprint density at radius 1 is 1.10 bits per heavy atom. The molecule has 0 bridgehead atoms. The van der Waals surface area contributed by atoms with Crippen LogP contribution in [0.2, 0.25) is 0 Å². The second-order valence-electron chi connectivity index (χ2n) is 4.89. The minimum absolute atomic E-state index is 0.332. The first-order chi connectivity index (χ1) is 10.2. The van der Waals surface area contributed by atoms with Gasteiger partial charge in [0.1, 0.15) is 0 Å². The molecule has 0 fully saturated rings. The van der Waals surface area contributed by atoms with Gasteiger partial charge in [0.25, 0.3) is 0 Å². The number of hydrogen-bond acceptors (Lipinski definition) is 3. The van der Waals surface area contributed by atoms with Crippen LogP contribution < -0.4 is 0 Å². The Morgan fingerprint density at radius 2 is 1.86 bits per heavy atom. The molecule has 3 heteroatoms. The molecule has 0 aliphatic heterocycles. The number of methoxy groups -OCH3 is 1. The topological polar surface area (TPSA) is 39.2 Å². The number of aryl methyl sites for hydroxylation is 1. The lowest BCUT2D eigenvalue weighted by Gasteiger charge is -2.09. The van der Waals surface area contributed by atoms with E-state index in [9.17, 15) is 4.79 Å². The van der Waals surface area contributed by atoms with Crippen molar-refractivity contribution in [3.8, 4) is 11.3 Å². The maximum absolute atomic E-state index is 11.6. The summed E-state index contributed by atoms with van der Waals surface area (Å²) in [5.41, 5.74) is 3.71. The zero-order valence-corrected chi connectivity index (χ0v) is 12.0. The van der Waals surface area contributed by atoms with Crippen LogP contribution in [0.25, 0.3) is 22.0 Å². The number of hydrogen-bond donors (Lipinski definition) is 0. The molecular weight excluding hydrogens is 262 g/mol. The predicted molar refractivity (Wildman–Crippen MR) is 83.3 cm³/mol. The number of benzene rings is 2. The molecule has 0 N–H and O–H groups in total. The van der Waals surface area contributed by atoms with Gasteiger partial charge >= 0.3 is 5.97 Å². The minimum atomic E-state index is -0.332. The normalized spacial score (nSPS) is 10.6. The van der Waals surface area contributed by atoms with E-state index in [1.165, 1.54) is 7.11 Å². The summed E-state index contributed by atoms with van der Waals surface area (Å²) >= 11 is 0. The molecule has 0 unspecified atom stereocenters. The van der Waals surface area contributed by atoms with E-state index in [1.807, 2.05) is 42.5 Å². The second kappa shape index (κ2) is 5.37. The van der Waals surface area contributed by atoms with Crippen LogP contribution in [-0.4, -0.2) is 18.1 Å². The Balaban J connectivity index is 2.16. The molecule has 0 aliphatic rings. The summed E-state index contributed by atoms with van der Waals surface area (Å²) in [6.07, 6.45) is 1.80. The van der Waals surface area contributed by atoms with Crippen molar-refractivity contribution in [1.82, 2.24) is 4.98 Å². The number of aromatic nitrogens is 1. The quantitative estimate of drug-likeness (QED) is 0.665. The van der Waals surface area contributed by atoms with Gasteiger partial charge in [-0.1, -0.05) is 36.4 Å². The molecule has 3 aromatic rings. The molecule has 0 atom stereocenters. The summed E-state index contributed by atoms with van der Waals surface area (Å²) in [5.74, 6) is -0.332. The Kier molecular flexibility index (Phi) is 3.40. The summed E-state index contributed by atoms with van der Waals surface area (Å²) in [4.78, 5) is 16.1. The van der Waals surface area contributed by atoms with E-state index in [2.05, 4.69) is 11.9 Å². The third-order valence-electron chi connectivity index (χ3n) is 3.61. The average Bonchev–Trinajstić information content (AvgIpc) is 2.55. The smallest absolute Gasteiger partial charge is 0.337 e. The van der Waals surface area contributed by atoms with E-state index in [4.69, 9.17) is 4.74 Å². The van der Waals surface area contributed by atoms with E-state index in [1.54, 1.807) is 12.3 Å². The molecule has 2 aromatic carbocycles. The molecule has 1 aromatic heterocycles. The van der Waals surface area contributed by atoms with E-state index < -0.39 is 0 Å². The number of carbonyl (C=O) groups is 1. The third kappa shape index (κ3) is 2.38. The van der Waals surface area contributed by atoms with Crippen LogP contribution in [-0.2, 0) is 4.74 Å². The number of pyridine rings is 1. The van der Waals surface area contributed by atoms with Gasteiger partial charge in [0.15, 0.2) is 0 Å². The first-order valence-electron chi connectivity index (χ1n) is 6.74. The van der Waals surface area contributed by atoms with Crippen LogP contribution in [0, 0.1) is 6.92 Å². The Morgan fingerprint density at radius 3 is 2.57 bits per heavy atom. The highest BCUT2D eigenvalue weighted by molar-refractivity contribution is 5.97. The monoisotopic (exact) mass is 277 g/mol. The first kappa shape index (κ1) is 13.3. The maximum atomic E-state index is 11.6. The van der Waals surface area contributed by atoms with Crippen LogP contribution in [0.15, 0.2) is 54.7 Å². The Labute approximate surface area is 123 Å². The van der Waals surface area contributed by atoms with Crippen molar-refractivity contribution in [2.75, 3.05) is 7.11 Å². The van der Waals surface area contributed by atoms with Crippen LogP contribution in [0.1, 0.15) is 15.9 Å². The second-order valence-corrected chi connectivity index (χ2v) is 4.89. The largest absolute Gasteiger partial charge is 0.465 e. The van der Waals surface area contributed by atoms with E-state index in [0.29, 0.717) is 5.56 Å². The van der Waals surface area contributed by atoms with Gasteiger partial charge < -0.3 is 4.74 Å². The highest BCUT2D eigenvalue weighted by Gasteiger charge is 2.10. The molecule has 0 amide bonds. The van der Waals surface area contributed by atoms with Crippen LogP contribution in [0.4, 0.5) is 0 Å². The van der Waals surface area contributed by atoms with Gasteiger partial charge in [-0.05, 0) is 30.0 Å². The number of esters is 1. The molecule has 3 nitrogen and oxygen atoms in total. The standard InChI is InChI=1S/C18H15NO2/c1-12-16-9-8-14(18(20)21-2)10-15(16)11-19-17(12)13-6-4-3-5-7-13/h3-11H,1-2H3. The zero-order valence-electron chi connectivity index (χ0n) is 12.0. The van der Waals surface area contributed by atoms with Gasteiger partial charge in [-0.25, -0.2) is 4.79 Å². The van der Waals surface area contributed by atoms with Crippen molar-refractivity contribution in [3.63, 3.8) is 0 Å². The number of rotatable bonds is 2. The SMILES string of the molecule is COC(=O)c1ccc2c(C)c(-c3ccccc3)ncc2c1. The molecule has 0 spiro atoms. The van der Waals surface area contributed by atoms with Crippen molar-refractivity contribution in [2.24, 2.45) is 0 Å². The van der Waals surface area contributed by atoms with E-state index in [0.717, 1.165) is 27.6 Å². The lowest BCUT2D eigenvalue weighted by atomic mass is 10.00. The number of fused-ring (bicyclic) bond motifs is 1. The maximum Gasteiger partial charge on any atom is 0.337 e. The minimum Gasteiger partial charge on any atom is -0.465 e. The first-order valence-corrected chi connectivity index (χ1v) is 6.74. The van der Waals surface area contributed by atoms with Crippen molar-refractivity contribution in [2.45, 2.75) is 6.92 Å². The molecular formula is C18H15NO2. The van der Waals surface area contributed by atoms with Gasteiger partial charge in [0.05, 0.1) is 18.4 Å². The van der Waals surface area contributed by atoms with E-state index >= 15 is 0 Å². The number of nitrogens with zero attached hydrogens (tertiary/aromatic N) is 1. The van der Waals surface area contributed by atoms with Crippen LogP contribution in [0.5, 0.6) is 0 Å². The fourth-order valence-corrected chi connectivity index (χ4v) is 2.50. The van der Waals surface area contributed by atoms with Gasteiger partial charge in [0, 0.05) is 17.1 Å². The highest BCUT2D eigenvalue weighted by Crippen LogP contribution is 2.27. The highest BCUT2D eigenvalue weighted by atomic mass is 16.5. The zero-order chi connectivity index (χ0) is 14.8. The summed E-state index contributed by atoms with van der Waals surface area (Å²) in [7, 11) is 1.38. The van der Waals surface area contributed by atoms with Crippen molar-refractivity contribution < 1.29 is 9.53 Å². The summed E-state index contributed by atoms with van der Waals surface area (Å²) < 4.78 is 4.75. The van der Waals surface area contributed by atoms with E-state index in [-0.39, 0.29) is 5.97 Å². The lowest BCUT2D eigenvalue weighted by molar-refractivity contribution is 0.0601. The Bertz CT molecular complexity index is 810. The molecule has 21 heavy (non-hydrogen) atoms. The molecule has 0 aliphatic carbocycles. The van der Waals surface area contributed by atoms with Crippen molar-refractivity contribution >= 4 is 16.7 Å². The molecule has 104 valence electrons. The van der Waals surface area contributed by atoms with Gasteiger partial charge in [-0.3, -0.25) is 4.98 Å². The molecule has 0 saturated heterocycles. The fraction of sp³-hybridized carbons (Fsp3) is 0.111. The summed E-state index contributed by atoms with van der Waals surface area (Å²) in [5, 5.41) is 2.03. The molecule has 0 saturated carbocycles. The van der Waals surface area contributed by atoms with Gasteiger partial charge in [-0.2, -0.15) is 0 Å². The predicted octanol–water partition coefficient (Wildman–Crippen LogP) is 4.00. The molecule has 3 rings (SSSR count). The number of ether oxygens (including phenoxy) is 1. The summed E-state index contributed by atoms with van der Waals surface area (Å²) in [6.45, 7) is 2.05. The number of carbonyl (C=O) groups excluding carboxylic acids is 1. The lowest BCUT2D eigenvalue weighted by Crippen LogP contribution is -2.01. The summed E-state index contributed by atoms with van der Waals surface area (Å²) in [6, 6.07) is 15.6. The van der Waals surface area contributed by atoms with Crippen LogP contribution in [0.3, 0.4) is 0 Å². The van der Waals surface area contributed by atoms with Crippen molar-refractivity contribution in [1.29, 1.82) is 0 Å². The fourth-order valence-electron chi connectivity index (χ4n) is 2.50. The average molecular weight is 277 g/mol. The van der Waals surface area contributed by atoms with Gasteiger partial charge in [-0.15, -0.1) is 0 Å². The third-order valence-corrected chi connectivity index (χ3v) is 3.61.